The van der Waals surface area contributed by atoms with E-state index in [9.17, 15) is 0 Å². The first-order valence-corrected chi connectivity index (χ1v) is 5.74. The van der Waals surface area contributed by atoms with Crippen molar-refractivity contribution < 1.29 is 0 Å². The molecule has 1 aromatic rings. The lowest BCUT2D eigenvalue weighted by atomic mass is 10.3. The molecule has 0 radical (unpaired) electrons. The highest BCUT2D eigenvalue weighted by atomic mass is 32.2. The molecule has 1 saturated heterocycles. The summed E-state index contributed by atoms with van der Waals surface area (Å²) in [7, 11) is 2.13. The highest BCUT2D eigenvalue weighted by molar-refractivity contribution is 8.00. The summed E-state index contributed by atoms with van der Waals surface area (Å²) in [5.41, 5.74) is 7.96. The first-order chi connectivity index (χ1) is 6.75. The summed E-state index contributed by atoms with van der Waals surface area (Å²) in [6.45, 7) is 1.15. The topological polar surface area (TPSA) is 41.3 Å². The summed E-state index contributed by atoms with van der Waals surface area (Å²) in [6, 6.07) is 7.87. The Kier molecular flexibility index (Phi) is 2.84. The summed E-state index contributed by atoms with van der Waals surface area (Å²) in [5.74, 6) is 1.20. The molecule has 0 saturated carbocycles. The van der Waals surface area contributed by atoms with Crippen molar-refractivity contribution in [1.29, 1.82) is 0 Å². The molecule has 1 aliphatic rings. The van der Waals surface area contributed by atoms with Crippen LogP contribution >= 0.6 is 11.8 Å². The Labute approximate surface area is 88.7 Å². The number of rotatable bonds is 2. The lowest BCUT2D eigenvalue weighted by Gasteiger charge is -2.20. The second kappa shape index (κ2) is 4.11. The maximum absolute atomic E-state index is 5.62. The van der Waals surface area contributed by atoms with Crippen LogP contribution in [0.4, 0.5) is 11.4 Å². The van der Waals surface area contributed by atoms with Crippen LogP contribution in [-0.4, -0.2) is 29.7 Å². The molecule has 0 bridgehead atoms. The Hall–Kier alpha value is -0.870. The van der Waals surface area contributed by atoms with Crippen LogP contribution in [0.2, 0.25) is 0 Å². The number of nitrogen functional groups attached to an aromatic ring is 1. The quantitative estimate of drug-likeness (QED) is 0.727. The van der Waals surface area contributed by atoms with Crippen LogP contribution in [-0.2, 0) is 0 Å². The monoisotopic (exact) mass is 209 g/mol. The first kappa shape index (κ1) is 9.68. The third-order valence-electron chi connectivity index (χ3n) is 2.32. The van der Waals surface area contributed by atoms with Gasteiger partial charge in [-0.15, -0.1) is 11.8 Å². The average molecular weight is 209 g/mol. The molecule has 1 aromatic carbocycles. The van der Waals surface area contributed by atoms with E-state index in [4.69, 9.17) is 5.73 Å². The standard InChI is InChI=1S/C10H15N3S/c1-13-6-7-14-10(13)12-9-4-2-8(11)3-5-9/h2-5,10,12H,6-7,11H2,1H3. The minimum Gasteiger partial charge on any atom is -0.399 e. The zero-order chi connectivity index (χ0) is 9.97. The lowest BCUT2D eigenvalue weighted by molar-refractivity contribution is 0.375. The fourth-order valence-electron chi connectivity index (χ4n) is 1.43. The van der Waals surface area contributed by atoms with Gasteiger partial charge in [0.25, 0.3) is 0 Å². The van der Waals surface area contributed by atoms with Crippen LogP contribution in [0.15, 0.2) is 24.3 Å². The third-order valence-corrected chi connectivity index (χ3v) is 3.53. The zero-order valence-electron chi connectivity index (χ0n) is 8.23. The maximum atomic E-state index is 5.62. The number of hydrogen-bond acceptors (Lipinski definition) is 4. The van der Waals surface area contributed by atoms with Crippen LogP contribution in [0.1, 0.15) is 0 Å². The Morgan fingerprint density at radius 3 is 2.71 bits per heavy atom. The van der Waals surface area contributed by atoms with Crippen molar-refractivity contribution in [2.24, 2.45) is 0 Å². The molecule has 1 unspecified atom stereocenters. The number of hydrogen-bond donors (Lipinski definition) is 2. The predicted octanol–water partition coefficient (Wildman–Crippen LogP) is 1.64. The SMILES string of the molecule is CN1CCSC1Nc1ccc(N)cc1. The number of anilines is 2. The number of nitrogens with one attached hydrogen (secondary N) is 1. The van der Waals surface area contributed by atoms with Crippen LogP contribution < -0.4 is 11.1 Å². The Morgan fingerprint density at radius 2 is 2.14 bits per heavy atom. The second-order valence-electron chi connectivity index (χ2n) is 3.47. The van der Waals surface area contributed by atoms with E-state index in [2.05, 4.69) is 17.3 Å². The van der Waals surface area contributed by atoms with Crippen molar-refractivity contribution in [2.45, 2.75) is 5.50 Å². The van der Waals surface area contributed by atoms with E-state index in [0.717, 1.165) is 17.9 Å². The summed E-state index contributed by atoms with van der Waals surface area (Å²) in [4.78, 5) is 2.31. The molecule has 0 amide bonds. The van der Waals surface area contributed by atoms with Gasteiger partial charge in [-0.1, -0.05) is 0 Å². The van der Waals surface area contributed by atoms with E-state index in [1.54, 1.807) is 0 Å². The van der Waals surface area contributed by atoms with Crippen molar-refractivity contribution in [3.05, 3.63) is 24.3 Å². The highest BCUT2D eigenvalue weighted by Crippen LogP contribution is 2.23. The molecule has 1 atom stereocenters. The van der Waals surface area contributed by atoms with Crippen LogP contribution in [0.25, 0.3) is 0 Å². The van der Waals surface area contributed by atoms with E-state index < -0.39 is 0 Å². The average Bonchev–Trinajstić information content (AvgIpc) is 2.56. The molecule has 0 aromatic heterocycles. The summed E-state index contributed by atoms with van der Waals surface area (Å²) in [6.07, 6.45) is 0. The normalized spacial score (nSPS) is 22.5. The van der Waals surface area contributed by atoms with Crippen molar-refractivity contribution in [2.75, 3.05) is 30.4 Å². The molecule has 1 fully saturated rings. The molecule has 14 heavy (non-hydrogen) atoms. The number of nitrogens with zero attached hydrogens (tertiary/aromatic N) is 1. The summed E-state index contributed by atoms with van der Waals surface area (Å²) in [5, 5.41) is 3.45. The molecular formula is C10H15N3S. The minimum absolute atomic E-state index is 0.402. The van der Waals surface area contributed by atoms with Gasteiger partial charge in [0.2, 0.25) is 0 Å². The van der Waals surface area contributed by atoms with E-state index in [-0.39, 0.29) is 0 Å². The summed E-state index contributed by atoms with van der Waals surface area (Å²) >= 11 is 1.93. The third kappa shape index (κ3) is 2.13. The molecule has 3 N–H and O–H groups in total. The second-order valence-corrected chi connectivity index (χ2v) is 4.66. The molecule has 1 heterocycles. The van der Waals surface area contributed by atoms with Gasteiger partial charge >= 0.3 is 0 Å². The van der Waals surface area contributed by atoms with E-state index in [1.807, 2.05) is 36.0 Å². The molecule has 2 rings (SSSR count). The maximum Gasteiger partial charge on any atom is 0.128 e. The fourth-order valence-corrected chi connectivity index (χ4v) is 2.62. The zero-order valence-corrected chi connectivity index (χ0v) is 9.05. The Morgan fingerprint density at radius 1 is 1.43 bits per heavy atom. The molecule has 0 aliphatic carbocycles. The molecule has 76 valence electrons. The first-order valence-electron chi connectivity index (χ1n) is 4.69. The lowest BCUT2D eigenvalue weighted by Crippen LogP contribution is -2.30. The predicted molar refractivity (Wildman–Crippen MR) is 63.4 cm³/mol. The number of benzene rings is 1. The van der Waals surface area contributed by atoms with Gasteiger partial charge in [-0.25, -0.2) is 0 Å². The largest absolute Gasteiger partial charge is 0.399 e. The van der Waals surface area contributed by atoms with E-state index >= 15 is 0 Å². The van der Waals surface area contributed by atoms with Gasteiger partial charge in [-0.3, -0.25) is 4.90 Å². The Bertz CT molecular complexity index is 299. The molecular weight excluding hydrogens is 194 g/mol. The summed E-state index contributed by atoms with van der Waals surface area (Å²) < 4.78 is 0. The molecule has 4 heteroatoms. The Balaban J connectivity index is 2.00. The van der Waals surface area contributed by atoms with Gasteiger partial charge < -0.3 is 11.1 Å². The van der Waals surface area contributed by atoms with Gasteiger partial charge in [0.05, 0.1) is 0 Å². The molecule has 3 nitrogen and oxygen atoms in total. The van der Waals surface area contributed by atoms with Crippen LogP contribution in [0, 0.1) is 0 Å². The van der Waals surface area contributed by atoms with Gasteiger partial charge in [-0.05, 0) is 31.3 Å². The van der Waals surface area contributed by atoms with Crippen LogP contribution in [0.5, 0.6) is 0 Å². The van der Waals surface area contributed by atoms with Crippen LogP contribution in [0.3, 0.4) is 0 Å². The van der Waals surface area contributed by atoms with Gasteiger partial charge in [-0.2, -0.15) is 0 Å². The van der Waals surface area contributed by atoms with Crippen molar-refractivity contribution in [1.82, 2.24) is 4.90 Å². The van der Waals surface area contributed by atoms with E-state index in [0.29, 0.717) is 5.50 Å². The van der Waals surface area contributed by atoms with E-state index in [1.165, 1.54) is 5.75 Å². The highest BCUT2D eigenvalue weighted by Gasteiger charge is 2.20. The number of nitrogens with two attached hydrogens (primary N) is 1. The molecule has 1 aliphatic heterocycles. The van der Waals surface area contributed by atoms with Gasteiger partial charge in [0.1, 0.15) is 5.50 Å². The van der Waals surface area contributed by atoms with Gasteiger partial charge in [0.15, 0.2) is 0 Å². The van der Waals surface area contributed by atoms with Gasteiger partial charge in [0, 0.05) is 23.7 Å². The van der Waals surface area contributed by atoms with Crippen molar-refractivity contribution in [3.63, 3.8) is 0 Å². The fraction of sp³-hybridized carbons (Fsp3) is 0.400. The smallest absolute Gasteiger partial charge is 0.128 e. The minimum atomic E-state index is 0.402. The van der Waals surface area contributed by atoms with Crippen molar-refractivity contribution >= 4 is 23.1 Å². The van der Waals surface area contributed by atoms with Crippen molar-refractivity contribution in [3.8, 4) is 0 Å². The molecule has 0 spiro atoms. The number of thioether (sulfide) groups is 1.